The first-order chi connectivity index (χ1) is 14.5. The van der Waals surface area contributed by atoms with Crippen LogP contribution in [0.1, 0.15) is 18.1 Å². The Morgan fingerprint density at radius 2 is 1.77 bits per heavy atom. The molecular weight excluding hydrogens is 385 g/mol. The Hall–Kier alpha value is -2.64. The van der Waals surface area contributed by atoms with Crippen LogP contribution >= 0.6 is 0 Å². The Balaban J connectivity index is 1.46. The number of hydrogen-bond acceptors (Lipinski definition) is 5. The normalized spacial score (nSPS) is 16.1. The van der Waals surface area contributed by atoms with E-state index in [4.69, 9.17) is 9.47 Å². The summed E-state index contributed by atoms with van der Waals surface area (Å²) in [4.78, 5) is 17.0. The van der Waals surface area contributed by atoms with E-state index < -0.39 is 0 Å². The minimum Gasteiger partial charge on any atom is -0.497 e. The van der Waals surface area contributed by atoms with E-state index in [1.165, 1.54) is 12.1 Å². The number of nitrogens with one attached hydrogen (secondary N) is 1. The van der Waals surface area contributed by atoms with Gasteiger partial charge in [0, 0.05) is 44.8 Å². The molecule has 0 radical (unpaired) electrons. The summed E-state index contributed by atoms with van der Waals surface area (Å²) >= 11 is 0. The molecule has 1 heterocycles. The average Bonchev–Trinajstić information content (AvgIpc) is 2.78. The molecule has 0 aromatic heterocycles. The maximum atomic E-state index is 13.6. The second-order valence-corrected chi connectivity index (χ2v) is 7.51. The van der Waals surface area contributed by atoms with Crippen LogP contribution in [-0.2, 0) is 17.9 Å². The van der Waals surface area contributed by atoms with Crippen LogP contribution in [0.2, 0.25) is 0 Å². The van der Waals surface area contributed by atoms with Crippen LogP contribution < -0.4 is 14.8 Å². The SMILES string of the molecule is COc1ccc(CNC(=O)[C@@H](C)N2CCN(Cc3cc(F)ccc3OC)CC2)cc1. The van der Waals surface area contributed by atoms with Gasteiger partial charge in [0.1, 0.15) is 17.3 Å². The average molecular weight is 416 g/mol. The van der Waals surface area contributed by atoms with Crippen LogP contribution in [-0.4, -0.2) is 62.1 Å². The summed E-state index contributed by atoms with van der Waals surface area (Å²) in [5.74, 6) is 1.26. The number of carbonyl (C=O) groups excluding carboxylic acids is 1. The summed E-state index contributed by atoms with van der Waals surface area (Å²) < 4.78 is 24.1. The van der Waals surface area contributed by atoms with Gasteiger partial charge in [-0.2, -0.15) is 0 Å². The number of methoxy groups -OCH3 is 2. The maximum absolute atomic E-state index is 13.6. The third-order valence-corrected chi connectivity index (χ3v) is 5.60. The number of amides is 1. The maximum Gasteiger partial charge on any atom is 0.237 e. The molecule has 1 saturated heterocycles. The summed E-state index contributed by atoms with van der Waals surface area (Å²) in [6.07, 6.45) is 0. The molecule has 1 N–H and O–H groups in total. The van der Waals surface area contributed by atoms with Gasteiger partial charge in [0.2, 0.25) is 5.91 Å². The first kappa shape index (κ1) is 22.1. The molecule has 7 heteroatoms. The minimum atomic E-state index is -0.258. The zero-order valence-corrected chi connectivity index (χ0v) is 17.9. The molecule has 162 valence electrons. The fourth-order valence-corrected chi connectivity index (χ4v) is 3.67. The number of rotatable bonds is 8. The van der Waals surface area contributed by atoms with Crippen molar-refractivity contribution < 1.29 is 18.7 Å². The van der Waals surface area contributed by atoms with Crippen LogP contribution in [0.4, 0.5) is 4.39 Å². The van der Waals surface area contributed by atoms with Crippen molar-refractivity contribution >= 4 is 5.91 Å². The molecule has 0 spiro atoms. The molecule has 1 fully saturated rings. The molecule has 3 rings (SSSR count). The first-order valence-corrected chi connectivity index (χ1v) is 10.2. The zero-order valence-electron chi connectivity index (χ0n) is 17.9. The number of carbonyl (C=O) groups is 1. The van der Waals surface area contributed by atoms with Gasteiger partial charge in [-0.25, -0.2) is 4.39 Å². The topological polar surface area (TPSA) is 54.0 Å². The second-order valence-electron chi connectivity index (χ2n) is 7.51. The molecule has 1 aliphatic heterocycles. The molecule has 2 aromatic carbocycles. The third-order valence-electron chi connectivity index (χ3n) is 5.60. The van der Waals surface area contributed by atoms with Gasteiger partial charge in [-0.05, 0) is 42.8 Å². The third kappa shape index (κ3) is 5.70. The zero-order chi connectivity index (χ0) is 21.5. The number of hydrogen-bond donors (Lipinski definition) is 1. The van der Waals surface area contributed by atoms with Gasteiger partial charge in [0.15, 0.2) is 0 Å². The highest BCUT2D eigenvalue weighted by Gasteiger charge is 2.25. The van der Waals surface area contributed by atoms with Crippen LogP contribution in [0.25, 0.3) is 0 Å². The number of nitrogens with zero attached hydrogens (tertiary/aromatic N) is 2. The Bertz CT molecular complexity index is 836. The van der Waals surface area contributed by atoms with Gasteiger partial charge < -0.3 is 14.8 Å². The molecule has 0 unspecified atom stereocenters. The highest BCUT2D eigenvalue weighted by atomic mass is 19.1. The fourth-order valence-electron chi connectivity index (χ4n) is 3.67. The Morgan fingerprint density at radius 3 is 2.40 bits per heavy atom. The number of halogens is 1. The van der Waals surface area contributed by atoms with E-state index in [2.05, 4.69) is 15.1 Å². The lowest BCUT2D eigenvalue weighted by molar-refractivity contribution is -0.126. The van der Waals surface area contributed by atoms with Gasteiger partial charge >= 0.3 is 0 Å². The van der Waals surface area contributed by atoms with Crippen molar-refractivity contribution in [3.63, 3.8) is 0 Å². The van der Waals surface area contributed by atoms with Crippen molar-refractivity contribution in [1.82, 2.24) is 15.1 Å². The lowest BCUT2D eigenvalue weighted by Gasteiger charge is -2.37. The van der Waals surface area contributed by atoms with E-state index >= 15 is 0 Å². The highest BCUT2D eigenvalue weighted by Crippen LogP contribution is 2.22. The van der Waals surface area contributed by atoms with Crippen LogP contribution in [0.5, 0.6) is 11.5 Å². The Labute approximate surface area is 177 Å². The van der Waals surface area contributed by atoms with Crippen molar-refractivity contribution in [1.29, 1.82) is 0 Å². The predicted octanol–water partition coefficient (Wildman–Crippen LogP) is 2.67. The molecule has 1 amide bonds. The van der Waals surface area contributed by atoms with E-state index in [1.54, 1.807) is 20.3 Å². The smallest absolute Gasteiger partial charge is 0.237 e. The largest absolute Gasteiger partial charge is 0.497 e. The van der Waals surface area contributed by atoms with E-state index in [-0.39, 0.29) is 17.8 Å². The van der Waals surface area contributed by atoms with Crippen molar-refractivity contribution in [2.75, 3.05) is 40.4 Å². The summed E-state index contributed by atoms with van der Waals surface area (Å²) in [5, 5.41) is 3.01. The Morgan fingerprint density at radius 1 is 1.07 bits per heavy atom. The summed E-state index contributed by atoms with van der Waals surface area (Å²) in [6.45, 7) is 6.27. The van der Waals surface area contributed by atoms with Gasteiger partial charge in [-0.15, -0.1) is 0 Å². The molecule has 6 nitrogen and oxygen atoms in total. The standard InChI is InChI=1S/C23H30FN3O3/c1-17(23(28)25-15-18-4-7-21(29-2)8-5-18)27-12-10-26(11-13-27)16-19-14-20(24)6-9-22(19)30-3/h4-9,14,17H,10-13,15-16H2,1-3H3,(H,25,28)/t17-/m1/s1. The van der Waals surface area contributed by atoms with Crippen molar-refractivity contribution in [2.45, 2.75) is 26.1 Å². The molecule has 0 saturated carbocycles. The van der Waals surface area contributed by atoms with E-state index in [1.807, 2.05) is 31.2 Å². The van der Waals surface area contributed by atoms with Gasteiger partial charge in [0.25, 0.3) is 0 Å². The lowest BCUT2D eigenvalue weighted by atomic mass is 10.1. The van der Waals surface area contributed by atoms with Crippen LogP contribution in [0.15, 0.2) is 42.5 Å². The van der Waals surface area contributed by atoms with Gasteiger partial charge in [-0.3, -0.25) is 14.6 Å². The van der Waals surface area contributed by atoms with E-state index in [0.717, 1.165) is 43.1 Å². The summed E-state index contributed by atoms with van der Waals surface area (Å²) in [5.41, 5.74) is 1.88. The molecular formula is C23H30FN3O3. The van der Waals surface area contributed by atoms with Crippen LogP contribution in [0.3, 0.4) is 0 Å². The highest BCUT2D eigenvalue weighted by molar-refractivity contribution is 5.81. The quantitative estimate of drug-likeness (QED) is 0.719. The predicted molar refractivity (Wildman–Crippen MR) is 114 cm³/mol. The van der Waals surface area contributed by atoms with E-state index in [9.17, 15) is 9.18 Å². The molecule has 1 aliphatic rings. The van der Waals surface area contributed by atoms with Gasteiger partial charge in [-0.1, -0.05) is 12.1 Å². The lowest BCUT2D eigenvalue weighted by Crippen LogP contribution is -2.53. The second kappa shape index (κ2) is 10.4. The van der Waals surface area contributed by atoms with Crippen molar-refractivity contribution in [3.8, 4) is 11.5 Å². The number of benzene rings is 2. The summed E-state index contributed by atoms with van der Waals surface area (Å²) in [6, 6.07) is 12.1. The number of piperazine rings is 1. The molecule has 30 heavy (non-hydrogen) atoms. The summed E-state index contributed by atoms with van der Waals surface area (Å²) in [7, 11) is 3.23. The Kier molecular flexibility index (Phi) is 7.65. The fraction of sp³-hybridized carbons (Fsp3) is 0.435. The van der Waals surface area contributed by atoms with Crippen molar-refractivity contribution in [2.24, 2.45) is 0 Å². The molecule has 0 bridgehead atoms. The molecule has 0 aliphatic carbocycles. The number of ether oxygens (including phenoxy) is 2. The van der Waals surface area contributed by atoms with Crippen LogP contribution in [0, 0.1) is 5.82 Å². The first-order valence-electron chi connectivity index (χ1n) is 10.2. The minimum absolute atomic E-state index is 0.0195. The monoisotopic (exact) mass is 415 g/mol. The van der Waals surface area contributed by atoms with Crippen molar-refractivity contribution in [3.05, 3.63) is 59.4 Å². The van der Waals surface area contributed by atoms with E-state index in [0.29, 0.717) is 18.8 Å². The molecule has 1 atom stereocenters. The molecule has 2 aromatic rings. The van der Waals surface area contributed by atoms with Gasteiger partial charge in [0.05, 0.1) is 20.3 Å².